The van der Waals surface area contributed by atoms with Gasteiger partial charge in [0.1, 0.15) is 11.0 Å². The van der Waals surface area contributed by atoms with Crippen molar-refractivity contribution in [3.8, 4) is 5.75 Å². The number of nitrogens with one attached hydrogen (secondary N) is 1. The summed E-state index contributed by atoms with van der Waals surface area (Å²) in [7, 11) is 1.59. The van der Waals surface area contributed by atoms with E-state index in [1.165, 1.54) is 0 Å². The zero-order chi connectivity index (χ0) is 16.1. The second-order valence-electron chi connectivity index (χ2n) is 4.52. The predicted octanol–water partition coefficient (Wildman–Crippen LogP) is 1.48. The number of carboxylic acids is 1. The molecule has 7 nitrogen and oxygen atoms in total. The standard InChI is InChI=1S/C14H15N3O4S/c1-8(9-3-5-10(21-2)6-4-9)16-17-14-15-12(18)7-11(22-14)13(19)20/h3-6,11H,7H2,1-2H3,(H,19,20)(H,15,17,18). The number of aliphatic carboxylic acids is 1. The molecule has 0 aromatic heterocycles. The number of methoxy groups -OCH3 is 1. The van der Waals surface area contributed by atoms with Crippen LogP contribution in [0.2, 0.25) is 0 Å². The first-order chi connectivity index (χ1) is 10.5. The lowest BCUT2D eigenvalue weighted by Crippen LogP contribution is -2.40. The molecule has 2 rings (SSSR count). The van der Waals surface area contributed by atoms with Crippen LogP contribution in [0.25, 0.3) is 0 Å². The summed E-state index contributed by atoms with van der Waals surface area (Å²) in [6.45, 7) is 1.77. The maximum Gasteiger partial charge on any atom is 0.317 e. The first kappa shape index (κ1) is 16.0. The van der Waals surface area contributed by atoms with E-state index in [1.54, 1.807) is 26.2 Å². The minimum absolute atomic E-state index is 0.0692. The summed E-state index contributed by atoms with van der Waals surface area (Å²) in [5.74, 6) is -0.673. The number of nitrogens with zero attached hydrogens (tertiary/aromatic N) is 2. The van der Waals surface area contributed by atoms with E-state index in [1.807, 2.05) is 12.1 Å². The molecule has 1 aliphatic rings. The first-order valence-electron chi connectivity index (χ1n) is 6.45. The second-order valence-corrected chi connectivity index (χ2v) is 5.71. The van der Waals surface area contributed by atoms with Crippen LogP contribution in [0.15, 0.2) is 34.5 Å². The Hall–Kier alpha value is -2.35. The number of benzene rings is 1. The van der Waals surface area contributed by atoms with E-state index < -0.39 is 11.2 Å². The highest BCUT2D eigenvalue weighted by molar-refractivity contribution is 8.15. The summed E-state index contributed by atoms with van der Waals surface area (Å²) >= 11 is 0.978. The van der Waals surface area contributed by atoms with Gasteiger partial charge in [0.15, 0.2) is 5.17 Å². The molecule has 1 unspecified atom stereocenters. The molecule has 2 N–H and O–H groups in total. The number of rotatable bonds is 4. The van der Waals surface area contributed by atoms with Crippen LogP contribution in [-0.2, 0) is 9.59 Å². The number of carboxylic acid groups (broad SMARTS) is 1. The Morgan fingerprint density at radius 1 is 1.41 bits per heavy atom. The SMILES string of the molecule is COc1ccc(C(C)=N/N=C2\NC(=O)CC(C(=O)O)S2)cc1. The van der Waals surface area contributed by atoms with Gasteiger partial charge in [-0.2, -0.15) is 5.10 Å². The van der Waals surface area contributed by atoms with Crippen molar-refractivity contribution in [2.75, 3.05) is 7.11 Å². The van der Waals surface area contributed by atoms with Crippen molar-refractivity contribution in [1.82, 2.24) is 5.32 Å². The number of hydrogen-bond acceptors (Lipinski definition) is 6. The number of carbonyl (C=O) groups excluding carboxylic acids is 1. The third-order valence-electron chi connectivity index (χ3n) is 2.95. The molecule has 0 saturated carbocycles. The quantitative estimate of drug-likeness (QED) is 0.646. The summed E-state index contributed by atoms with van der Waals surface area (Å²) in [6, 6.07) is 7.28. The summed E-state index contributed by atoms with van der Waals surface area (Å²) in [5.41, 5.74) is 1.49. The molecular formula is C14H15N3O4S. The van der Waals surface area contributed by atoms with Gasteiger partial charge in [-0.3, -0.25) is 9.59 Å². The molecule has 1 aromatic rings. The number of ether oxygens (including phenoxy) is 1. The van der Waals surface area contributed by atoms with Crippen LogP contribution in [0.5, 0.6) is 5.75 Å². The number of hydrogen-bond donors (Lipinski definition) is 2. The van der Waals surface area contributed by atoms with Crippen molar-refractivity contribution in [3.63, 3.8) is 0 Å². The third-order valence-corrected chi connectivity index (χ3v) is 4.00. The van der Waals surface area contributed by atoms with Gasteiger partial charge in [-0.25, -0.2) is 0 Å². The minimum Gasteiger partial charge on any atom is -0.497 e. The molecule has 0 aliphatic carbocycles. The van der Waals surface area contributed by atoms with Gasteiger partial charge in [-0.05, 0) is 36.8 Å². The maximum absolute atomic E-state index is 11.4. The highest BCUT2D eigenvalue weighted by atomic mass is 32.2. The van der Waals surface area contributed by atoms with Gasteiger partial charge in [-0.1, -0.05) is 11.8 Å². The van der Waals surface area contributed by atoms with Crippen molar-refractivity contribution >= 4 is 34.5 Å². The van der Waals surface area contributed by atoms with Crippen LogP contribution in [0.1, 0.15) is 18.9 Å². The highest BCUT2D eigenvalue weighted by Gasteiger charge is 2.29. The molecule has 1 atom stereocenters. The number of amides is 1. The summed E-state index contributed by atoms with van der Waals surface area (Å²) in [4.78, 5) is 22.4. The van der Waals surface area contributed by atoms with Gasteiger partial charge in [0, 0.05) is 6.42 Å². The van der Waals surface area contributed by atoms with Crippen molar-refractivity contribution in [2.24, 2.45) is 10.2 Å². The Balaban J connectivity index is 2.13. The van der Waals surface area contributed by atoms with E-state index in [9.17, 15) is 9.59 Å². The van der Waals surface area contributed by atoms with Gasteiger partial charge in [0.25, 0.3) is 0 Å². The Morgan fingerprint density at radius 2 is 2.09 bits per heavy atom. The minimum atomic E-state index is -1.04. The van der Waals surface area contributed by atoms with Gasteiger partial charge < -0.3 is 15.2 Å². The largest absolute Gasteiger partial charge is 0.497 e. The zero-order valence-electron chi connectivity index (χ0n) is 12.1. The van der Waals surface area contributed by atoms with Crippen molar-refractivity contribution < 1.29 is 19.4 Å². The second kappa shape index (κ2) is 7.08. The summed E-state index contributed by atoms with van der Waals surface area (Å²) in [5, 5.41) is 18.8. The Bertz CT molecular complexity index is 640. The maximum atomic E-state index is 11.4. The van der Waals surface area contributed by atoms with E-state index in [-0.39, 0.29) is 17.5 Å². The molecule has 22 heavy (non-hydrogen) atoms. The van der Waals surface area contributed by atoms with E-state index in [4.69, 9.17) is 9.84 Å². The zero-order valence-corrected chi connectivity index (χ0v) is 12.9. The van der Waals surface area contributed by atoms with Crippen LogP contribution in [0.4, 0.5) is 0 Å². The monoisotopic (exact) mass is 321 g/mol. The van der Waals surface area contributed by atoms with E-state index in [0.717, 1.165) is 23.1 Å². The van der Waals surface area contributed by atoms with Crippen molar-refractivity contribution in [1.29, 1.82) is 0 Å². The normalized spacial score (nSPS) is 20.6. The molecule has 1 fully saturated rings. The number of carbonyl (C=O) groups is 2. The van der Waals surface area contributed by atoms with Crippen LogP contribution in [0.3, 0.4) is 0 Å². The lowest BCUT2D eigenvalue weighted by Gasteiger charge is -2.18. The molecule has 0 bridgehead atoms. The average Bonchev–Trinajstić information content (AvgIpc) is 2.52. The molecule has 1 amide bonds. The van der Waals surface area contributed by atoms with Crippen LogP contribution in [0, 0.1) is 0 Å². The molecule has 0 radical (unpaired) electrons. The molecule has 116 valence electrons. The van der Waals surface area contributed by atoms with E-state index >= 15 is 0 Å². The third kappa shape index (κ3) is 4.08. The average molecular weight is 321 g/mol. The fourth-order valence-electron chi connectivity index (χ4n) is 1.74. The molecule has 1 aliphatic heterocycles. The van der Waals surface area contributed by atoms with Crippen LogP contribution >= 0.6 is 11.8 Å². The van der Waals surface area contributed by atoms with Gasteiger partial charge in [0.2, 0.25) is 5.91 Å². The smallest absolute Gasteiger partial charge is 0.317 e. The molecule has 0 spiro atoms. The lowest BCUT2D eigenvalue weighted by molar-refractivity contribution is -0.138. The highest BCUT2D eigenvalue weighted by Crippen LogP contribution is 2.21. The summed E-state index contributed by atoms with van der Waals surface area (Å²) in [6.07, 6.45) is -0.0692. The Morgan fingerprint density at radius 3 is 2.68 bits per heavy atom. The Labute approximate surface area is 131 Å². The van der Waals surface area contributed by atoms with Gasteiger partial charge in [0.05, 0.1) is 12.8 Å². The molecule has 8 heteroatoms. The topological polar surface area (TPSA) is 100 Å². The number of thioether (sulfide) groups is 1. The van der Waals surface area contributed by atoms with Crippen molar-refractivity contribution in [2.45, 2.75) is 18.6 Å². The van der Waals surface area contributed by atoms with Crippen LogP contribution < -0.4 is 10.1 Å². The molecule has 1 heterocycles. The van der Waals surface area contributed by atoms with Crippen molar-refractivity contribution in [3.05, 3.63) is 29.8 Å². The van der Waals surface area contributed by atoms with E-state index in [2.05, 4.69) is 15.5 Å². The summed E-state index contributed by atoms with van der Waals surface area (Å²) < 4.78 is 5.08. The number of amidine groups is 1. The Kier molecular flexibility index (Phi) is 5.16. The fraction of sp³-hybridized carbons (Fsp3) is 0.286. The fourth-order valence-corrected chi connectivity index (χ4v) is 2.61. The lowest BCUT2D eigenvalue weighted by atomic mass is 10.1. The molecule has 1 saturated heterocycles. The van der Waals surface area contributed by atoms with E-state index in [0.29, 0.717) is 5.71 Å². The van der Waals surface area contributed by atoms with Gasteiger partial charge in [-0.15, -0.1) is 5.10 Å². The first-order valence-corrected chi connectivity index (χ1v) is 7.33. The predicted molar refractivity (Wildman–Crippen MR) is 84.4 cm³/mol. The molecular weight excluding hydrogens is 306 g/mol. The van der Waals surface area contributed by atoms with Gasteiger partial charge >= 0.3 is 5.97 Å². The van der Waals surface area contributed by atoms with Crippen LogP contribution in [-0.4, -0.2) is 40.2 Å². The molecule has 1 aromatic carbocycles.